The Morgan fingerprint density at radius 1 is 0.500 bits per heavy atom. The molecule has 640 valence electrons. The van der Waals surface area contributed by atoms with Crippen molar-refractivity contribution >= 4 is 146 Å². The Morgan fingerprint density at radius 2 is 0.911 bits per heavy atom. The summed E-state index contributed by atoms with van der Waals surface area (Å²) in [5.74, 6) is 3.44. The molecule has 20 nitrogen and oxygen atoms in total. The lowest BCUT2D eigenvalue weighted by Crippen LogP contribution is -2.31. The number of halogens is 1. The standard InChI is InChI=1S/C26H23N3O2.C20H20N2O3S.C15H20O2.C13H10ClNO.C13H13NO2.C8H11N.C6H6O2.CH4/c1-17-14-18(2)25-23(15-17)27-22(19(3)30)16-24(25)28-26(31)29(20-10-6-4-7-11-20)21-12-8-5-9-13-21;1-12-5-7-16(8-6-12)26(24,25)22-19-11-17(15(4)23)21-18-10-13(2)9-14(3)20(18)19;1-10-5-11(2)7-14(6-10)9-15(13(4)17)8-12(3)16;14-13(16)15(11-7-3-1-4-8-11)12-9-5-2-6-10-12;1-7-4-8(2)13-11(5-7)14-10(9(3)15)6-12(13)16;1-6-3-7(2)5-8(9)4-6;1-5(7)3-4-6(2)8;/h4-16H,1-3H3,(H,27,28,31);5-11H,1-4H3,(H,21,22);5-6,8,14H,7,9H2,1-4H3;1-10H;4-6H,1-3H3,(H,14,16);3-5H,9H2,1-2H3;1-2H3;1H4/b;;15-8-;;;;;. The number of benzene rings is 9. The smallest absolute Gasteiger partial charge is 0.330 e. The number of nitrogen functional groups attached to an aromatic ring is 1. The van der Waals surface area contributed by atoms with Gasteiger partial charge in [-0.25, -0.2) is 23.2 Å². The molecule has 13 rings (SSSR count). The van der Waals surface area contributed by atoms with Gasteiger partial charge in [-0.05, 0) is 291 Å². The molecule has 3 amide bonds. The zero-order valence-corrected chi connectivity index (χ0v) is 74.1. The number of anilines is 7. The molecule has 0 radical (unpaired) electrons. The molecule has 0 saturated carbocycles. The second kappa shape index (κ2) is 46.2. The van der Waals surface area contributed by atoms with E-state index >= 15 is 0 Å². The second-order valence-corrected chi connectivity index (χ2v) is 32.1. The van der Waals surface area contributed by atoms with Crippen molar-refractivity contribution in [2.45, 2.75) is 150 Å². The van der Waals surface area contributed by atoms with Crippen LogP contribution in [0, 0.1) is 80.1 Å². The number of aromatic amines is 1. The number of H-pyrrole nitrogens is 1. The van der Waals surface area contributed by atoms with Crippen LogP contribution in [0.3, 0.4) is 0 Å². The third kappa shape index (κ3) is 29.7. The number of nitrogens with zero attached hydrogens (tertiary/aromatic N) is 4. The number of hydrogen-bond acceptors (Lipinski definition) is 15. The Bertz CT molecular complexity index is 6170. The van der Waals surface area contributed by atoms with Crippen LogP contribution in [-0.2, 0) is 29.2 Å². The van der Waals surface area contributed by atoms with E-state index in [1.165, 1.54) is 93.8 Å². The summed E-state index contributed by atoms with van der Waals surface area (Å²) in [7, 11) is -3.78. The minimum atomic E-state index is -3.78. The second-order valence-electron chi connectivity index (χ2n) is 30.1. The Labute approximate surface area is 731 Å². The number of rotatable bonds is 15. The minimum Gasteiger partial charge on any atom is -0.399 e. The summed E-state index contributed by atoms with van der Waals surface area (Å²) in [6.45, 7) is 31.8. The van der Waals surface area contributed by atoms with Crippen LogP contribution < -0.4 is 31.0 Å². The molecule has 0 spiro atoms. The number of para-hydroxylation sites is 4. The van der Waals surface area contributed by atoms with Crippen LogP contribution in [0.25, 0.3) is 32.7 Å². The number of sulfonamides is 1. The van der Waals surface area contributed by atoms with Gasteiger partial charge < -0.3 is 16.0 Å². The van der Waals surface area contributed by atoms with Crippen LogP contribution in [-0.4, -0.2) is 75.2 Å². The van der Waals surface area contributed by atoms with Crippen molar-refractivity contribution in [3.63, 3.8) is 0 Å². The Hall–Kier alpha value is -13.9. The summed E-state index contributed by atoms with van der Waals surface area (Å²) >= 11 is 5.60. The molecule has 22 heteroatoms. The number of pyridine rings is 3. The quantitative estimate of drug-likeness (QED) is 0.0141. The van der Waals surface area contributed by atoms with Gasteiger partial charge in [0.1, 0.15) is 11.4 Å². The summed E-state index contributed by atoms with van der Waals surface area (Å²) in [5, 5.41) is 4.69. The molecule has 1 unspecified atom stereocenters. The summed E-state index contributed by atoms with van der Waals surface area (Å²) in [6.07, 6.45) is 7.46. The summed E-state index contributed by atoms with van der Waals surface area (Å²) in [5.41, 5.74) is 25.7. The van der Waals surface area contributed by atoms with Crippen LogP contribution in [0.2, 0.25) is 0 Å². The SMILES string of the molecule is C.CC(=O)/C=C(/CC1C=C(C)C=C(C)C1)C(C)=O.CC(=O)C#CC(C)=O.CC(=O)c1cc(=O)c2c(C)cc(C)cc2[nH]1.CC(=O)c1cc(NC(=O)N(c2ccccc2)c2ccccc2)c2c(C)cc(C)cc2n1.CC(=O)c1cc(NS(=O)(=O)c2ccc(C)cc2)c2c(C)cc(C)cc2n1.Cc1cc(C)cc(N)c1.O=C(Cl)N(c1ccccc1)c1ccccc1. The number of carbonyl (C=O) groups excluding carboxylic acids is 9. The number of aryl methyl sites for hydroxylation is 9. The number of amides is 3. The first-order valence-electron chi connectivity index (χ1n) is 39.4. The van der Waals surface area contributed by atoms with E-state index < -0.39 is 15.4 Å². The topological polar surface area (TPSA) is 303 Å². The van der Waals surface area contributed by atoms with E-state index in [1.807, 2.05) is 232 Å². The van der Waals surface area contributed by atoms with Gasteiger partial charge in [-0.15, -0.1) is 0 Å². The molecule has 0 saturated heterocycles. The van der Waals surface area contributed by atoms with E-state index in [9.17, 15) is 56.4 Å². The molecule has 124 heavy (non-hydrogen) atoms. The number of hydrogen-bond donors (Lipinski definition) is 4. The molecule has 1 aliphatic carbocycles. The molecule has 0 bridgehead atoms. The largest absolute Gasteiger partial charge is 0.399 e. The fourth-order valence-corrected chi connectivity index (χ4v) is 14.9. The van der Waals surface area contributed by atoms with Crippen LogP contribution in [0.5, 0.6) is 0 Å². The first-order valence-corrected chi connectivity index (χ1v) is 41.3. The highest BCUT2D eigenvalue weighted by Crippen LogP contribution is 2.35. The number of nitrogens with one attached hydrogen (secondary N) is 3. The van der Waals surface area contributed by atoms with Gasteiger partial charge in [0.15, 0.2) is 34.3 Å². The van der Waals surface area contributed by atoms with Crippen molar-refractivity contribution in [2.75, 3.05) is 25.6 Å². The first kappa shape index (κ1) is 98.9. The first-order chi connectivity index (χ1) is 58.1. The maximum absolute atomic E-state index is 13.5. The lowest BCUT2D eigenvalue weighted by Gasteiger charge is -2.24. The van der Waals surface area contributed by atoms with Gasteiger partial charge in [0, 0.05) is 62.5 Å². The fourth-order valence-electron chi connectivity index (χ4n) is 13.6. The maximum atomic E-state index is 13.5. The lowest BCUT2D eigenvalue weighted by atomic mass is 9.86. The highest BCUT2D eigenvalue weighted by molar-refractivity contribution is 7.92. The number of Topliss-reactive ketones (excluding diaryl/α,β-unsaturated/α-hetero) is 6. The number of nitrogens with two attached hydrogens (primary N) is 1. The van der Waals surface area contributed by atoms with Gasteiger partial charge in [0.2, 0.25) is 11.6 Å². The lowest BCUT2D eigenvalue weighted by molar-refractivity contribution is -0.115. The van der Waals surface area contributed by atoms with Gasteiger partial charge in [-0.2, -0.15) is 0 Å². The zero-order chi connectivity index (χ0) is 90.7. The molecule has 1 atom stereocenters. The Kier molecular flexibility index (Phi) is 36.8. The van der Waals surface area contributed by atoms with Crippen LogP contribution in [0.15, 0.2) is 263 Å². The summed E-state index contributed by atoms with van der Waals surface area (Å²) in [4.78, 5) is 130. The monoisotopic (exact) mass is 1700 g/mol. The third-order valence-corrected chi connectivity index (χ3v) is 20.2. The van der Waals surface area contributed by atoms with Crippen LogP contribution >= 0.6 is 11.6 Å². The molecule has 5 N–H and O–H groups in total. The average Bonchev–Trinajstić information content (AvgIpc) is 0.781. The maximum Gasteiger partial charge on any atom is 0.330 e. The molecule has 1 aliphatic rings. The van der Waals surface area contributed by atoms with Crippen molar-refractivity contribution in [1.82, 2.24) is 15.0 Å². The van der Waals surface area contributed by atoms with E-state index in [0.717, 1.165) is 84.7 Å². The fraction of sp³-hybridized carbons (Fsp3) is 0.216. The van der Waals surface area contributed by atoms with Crippen molar-refractivity contribution in [2.24, 2.45) is 5.92 Å². The molecular formula is C102H107ClN8O12S. The Balaban J connectivity index is 0.000000233. The molecule has 12 aromatic rings. The van der Waals surface area contributed by atoms with E-state index in [0.29, 0.717) is 62.5 Å². The van der Waals surface area contributed by atoms with Crippen LogP contribution in [0.1, 0.15) is 164 Å². The molecule has 9 aromatic carbocycles. The molecular weight excluding hydrogens is 1600 g/mol. The van der Waals surface area contributed by atoms with E-state index in [-0.39, 0.29) is 70.0 Å². The van der Waals surface area contributed by atoms with Gasteiger partial charge in [0.25, 0.3) is 10.0 Å². The van der Waals surface area contributed by atoms with Crippen molar-refractivity contribution in [1.29, 1.82) is 0 Å². The average molecular weight is 1700 g/mol. The number of carbonyl (C=O) groups is 9. The van der Waals surface area contributed by atoms with Gasteiger partial charge in [-0.3, -0.25) is 57.7 Å². The molecule has 0 aliphatic heterocycles. The molecule has 0 fully saturated rings. The number of aromatic nitrogens is 3. The van der Waals surface area contributed by atoms with Gasteiger partial charge >= 0.3 is 11.4 Å². The zero-order valence-electron chi connectivity index (χ0n) is 72.6. The van der Waals surface area contributed by atoms with Crippen molar-refractivity contribution < 1.29 is 51.6 Å². The number of fused-ring (bicyclic) bond motifs is 3. The third-order valence-electron chi connectivity index (χ3n) is 18.7. The minimum absolute atomic E-state index is 0. The van der Waals surface area contributed by atoms with Crippen molar-refractivity contribution in [3.05, 3.63) is 331 Å². The predicted octanol–water partition coefficient (Wildman–Crippen LogP) is 23.2. The van der Waals surface area contributed by atoms with E-state index in [2.05, 4.69) is 68.9 Å². The van der Waals surface area contributed by atoms with E-state index in [4.69, 9.17) is 17.3 Å². The predicted molar refractivity (Wildman–Crippen MR) is 505 cm³/mol. The number of allylic oxidation sites excluding steroid dienone is 6. The summed E-state index contributed by atoms with van der Waals surface area (Å²) < 4.78 is 28.2. The van der Waals surface area contributed by atoms with Gasteiger partial charge in [0.05, 0.1) is 61.3 Å². The normalized spacial score (nSPS) is 11.7. The number of ketones is 7. The van der Waals surface area contributed by atoms with Crippen LogP contribution in [0.4, 0.5) is 49.4 Å². The molecule has 3 aromatic heterocycles. The number of urea groups is 1. The highest BCUT2D eigenvalue weighted by Gasteiger charge is 2.24. The van der Waals surface area contributed by atoms with Gasteiger partial charge in [-0.1, -0.05) is 145 Å². The molecule has 3 heterocycles. The Morgan fingerprint density at radius 3 is 1.31 bits per heavy atom. The van der Waals surface area contributed by atoms with E-state index in [1.54, 1.807) is 35.2 Å². The summed E-state index contributed by atoms with van der Waals surface area (Å²) in [6, 6.07) is 66.0. The van der Waals surface area contributed by atoms with Crippen molar-refractivity contribution in [3.8, 4) is 11.8 Å². The highest BCUT2D eigenvalue weighted by atomic mass is 35.5.